The van der Waals surface area contributed by atoms with Gasteiger partial charge in [-0.3, -0.25) is 0 Å². The van der Waals surface area contributed by atoms with Gasteiger partial charge >= 0.3 is 12.0 Å². The molecule has 0 unspecified atom stereocenters. The largest absolute Gasteiger partial charge is 0.480 e. The Labute approximate surface area is 121 Å². The van der Waals surface area contributed by atoms with Crippen LogP contribution in [0.3, 0.4) is 0 Å². The van der Waals surface area contributed by atoms with Gasteiger partial charge in [0.05, 0.1) is 10.7 Å². The van der Waals surface area contributed by atoms with Crippen LogP contribution in [0.2, 0.25) is 5.02 Å². The Kier molecular flexibility index (Phi) is 5.76. The molecule has 1 aromatic rings. The molecule has 1 rings (SSSR count). The Morgan fingerprint density at radius 2 is 2.05 bits per heavy atom. The normalized spacial score (nSPS) is 12.1. The number of amides is 2. The first-order valence-electron chi connectivity index (χ1n) is 6.05. The molecule has 5 nitrogen and oxygen atoms in total. The Hall–Kier alpha value is -1.82. The predicted octanol–water partition coefficient (Wildman–Crippen LogP) is 3.10. The molecule has 1 aromatic carbocycles. The van der Waals surface area contributed by atoms with Gasteiger partial charge in [0.1, 0.15) is 11.9 Å². The lowest BCUT2D eigenvalue weighted by molar-refractivity contribution is -0.139. The van der Waals surface area contributed by atoms with Crippen LogP contribution in [0, 0.1) is 11.7 Å². The minimum Gasteiger partial charge on any atom is -0.480 e. The number of carbonyl (C=O) groups is 2. The molecule has 1 atom stereocenters. The van der Waals surface area contributed by atoms with E-state index in [-0.39, 0.29) is 23.0 Å². The first-order chi connectivity index (χ1) is 9.31. The average Bonchev–Trinajstić information content (AvgIpc) is 2.32. The van der Waals surface area contributed by atoms with Gasteiger partial charge in [0, 0.05) is 0 Å². The highest BCUT2D eigenvalue weighted by Gasteiger charge is 2.21. The van der Waals surface area contributed by atoms with Crippen molar-refractivity contribution in [2.24, 2.45) is 5.92 Å². The molecule has 0 bridgehead atoms. The van der Waals surface area contributed by atoms with Crippen molar-refractivity contribution in [1.82, 2.24) is 5.32 Å². The summed E-state index contributed by atoms with van der Waals surface area (Å²) in [6, 6.07) is 2.11. The minimum atomic E-state index is -1.14. The van der Waals surface area contributed by atoms with Crippen LogP contribution in [0.4, 0.5) is 14.9 Å². The van der Waals surface area contributed by atoms with Crippen LogP contribution in [0.25, 0.3) is 0 Å². The monoisotopic (exact) mass is 302 g/mol. The number of anilines is 1. The minimum absolute atomic E-state index is 0.0379. The topological polar surface area (TPSA) is 78.4 Å². The van der Waals surface area contributed by atoms with Crippen LogP contribution < -0.4 is 10.6 Å². The standard InChI is InChI=1S/C13H16ClFN2O3/c1-7(2)6-10(12(18)19)16-13(20)17-11-8(14)4-3-5-9(11)15/h3-5,7,10H,6H2,1-2H3,(H,18,19)(H2,16,17,20)/t10-/m1/s1. The van der Waals surface area contributed by atoms with Crippen molar-refractivity contribution in [3.63, 3.8) is 0 Å². The number of carbonyl (C=O) groups excluding carboxylic acids is 1. The van der Waals surface area contributed by atoms with Gasteiger partial charge in [0.25, 0.3) is 0 Å². The summed E-state index contributed by atoms with van der Waals surface area (Å²) in [6.07, 6.45) is 0.272. The highest BCUT2D eigenvalue weighted by molar-refractivity contribution is 6.33. The third-order valence-electron chi connectivity index (χ3n) is 2.51. The van der Waals surface area contributed by atoms with Gasteiger partial charge < -0.3 is 15.7 Å². The molecule has 0 aromatic heterocycles. The van der Waals surface area contributed by atoms with Gasteiger partial charge in [-0.15, -0.1) is 0 Å². The fraction of sp³-hybridized carbons (Fsp3) is 0.385. The SMILES string of the molecule is CC(C)C[C@@H](NC(=O)Nc1c(F)cccc1Cl)C(=O)O. The molecule has 20 heavy (non-hydrogen) atoms. The highest BCUT2D eigenvalue weighted by Crippen LogP contribution is 2.24. The van der Waals surface area contributed by atoms with E-state index >= 15 is 0 Å². The number of hydrogen-bond acceptors (Lipinski definition) is 2. The number of carboxylic acid groups (broad SMARTS) is 1. The summed E-state index contributed by atoms with van der Waals surface area (Å²) < 4.78 is 13.5. The van der Waals surface area contributed by atoms with E-state index in [9.17, 15) is 14.0 Å². The van der Waals surface area contributed by atoms with Crippen LogP contribution in [-0.4, -0.2) is 23.1 Å². The van der Waals surface area contributed by atoms with E-state index in [0.29, 0.717) is 0 Å². The summed E-state index contributed by atoms with van der Waals surface area (Å²) in [4.78, 5) is 22.7. The van der Waals surface area contributed by atoms with Crippen molar-refractivity contribution in [2.75, 3.05) is 5.32 Å². The summed E-state index contributed by atoms with van der Waals surface area (Å²) >= 11 is 5.76. The number of halogens is 2. The van der Waals surface area contributed by atoms with E-state index in [1.807, 2.05) is 13.8 Å². The van der Waals surface area contributed by atoms with Gasteiger partial charge in [-0.05, 0) is 24.5 Å². The molecule has 0 saturated heterocycles. The Balaban J connectivity index is 2.73. The van der Waals surface area contributed by atoms with Crippen LogP contribution in [-0.2, 0) is 4.79 Å². The van der Waals surface area contributed by atoms with E-state index in [2.05, 4.69) is 10.6 Å². The molecule has 0 aliphatic heterocycles. The van der Waals surface area contributed by atoms with Gasteiger partial charge in [-0.1, -0.05) is 31.5 Å². The third kappa shape index (κ3) is 4.70. The van der Waals surface area contributed by atoms with Crippen molar-refractivity contribution < 1.29 is 19.1 Å². The number of urea groups is 1. The second-order valence-electron chi connectivity index (χ2n) is 4.72. The van der Waals surface area contributed by atoms with Crippen molar-refractivity contribution in [3.05, 3.63) is 29.0 Å². The zero-order chi connectivity index (χ0) is 15.3. The zero-order valence-corrected chi connectivity index (χ0v) is 11.9. The number of para-hydroxylation sites is 1. The van der Waals surface area contributed by atoms with E-state index in [0.717, 1.165) is 6.07 Å². The number of carboxylic acids is 1. The molecule has 0 fully saturated rings. The first kappa shape index (κ1) is 16.2. The molecule has 0 heterocycles. The Morgan fingerprint density at radius 3 is 2.55 bits per heavy atom. The van der Waals surface area contributed by atoms with E-state index in [4.69, 9.17) is 16.7 Å². The summed E-state index contributed by atoms with van der Waals surface area (Å²) in [5, 5.41) is 13.5. The quantitative estimate of drug-likeness (QED) is 0.782. The molecule has 2 amide bonds. The second kappa shape index (κ2) is 7.09. The molecular formula is C13H16ClFN2O3. The average molecular weight is 303 g/mol. The zero-order valence-electron chi connectivity index (χ0n) is 11.1. The van der Waals surface area contributed by atoms with Crippen molar-refractivity contribution in [3.8, 4) is 0 Å². The summed E-state index contributed by atoms with van der Waals surface area (Å²) in [5.74, 6) is -1.75. The maximum Gasteiger partial charge on any atom is 0.326 e. The number of aliphatic carboxylic acids is 1. The van der Waals surface area contributed by atoms with Gasteiger partial charge in [0.2, 0.25) is 0 Å². The molecular weight excluding hydrogens is 287 g/mol. The fourth-order valence-corrected chi connectivity index (χ4v) is 1.83. The Bertz CT molecular complexity index is 488. The van der Waals surface area contributed by atoms with Gasteiger partial charge in [-0.2, -0.15) is 0 Å². The molecule has 0 aliphatic carbocycles. The lowest BCUT2D eigenvalue weighted by atomic mass is 10.0. The summed E-state index contributed by atoms with van der Waals surface area (Å²) in [5.41, 5.74) is -0.180. The fourth-order valence-electron chi connectivity index (χ4n) is 1.62. The van der Waals surface area contributed by atoms with Crippen LogP contribution in [0.15, 0.2) is 18.2 Å². The third-order valence-corrected chi connectivity index (χ3v) is 2.83. The van der Waals surface area contributed by atoms with Gasteiger partial charge in [0.15, 0.2) is 0 Å². The number of nitrogens with one attached hydrogen (secondary N) is 2. The number of benzene rings is 1. The second-order valence-corrected chi connectivity index (χ2v) is 5.12. The van der Waals surface area contributed by atoms with Crippen LogP contribution in [0.1, 0.15) is 20.3 Å². The van der Waals surface area contributed by atoms with E-state index < -0.39 is 23.9 Å². The van der Waals surface area contributed by atoms with Crippen molar-refractivity contribution >= 4 is 29.3 Å². The predicted molar refractivity (Wildman–Crippen MR) is 74.4 cm³/mol. The number of rotatable bonds is 5. The lowest BCUT2D eigenvalue weighted by Crippen LogP contribution is -2.43. The molecule has 0 radical (unpaired) electrons. The van der Waals surface area contributed by atoms with Crippen molar-refractivity contribution in [1.29, 1.82) is 0 Å². The molecule has 3 N–H and O–H groups in total. The molecule has 7 heteroatoms. The van der Waals surface area contributed by atoms with Gasteiger partial charge in [-0.25, -0.2) is 14.0 Å². The smallest absolute Gasteiger partial charge is 0.326 e. The first-order valence-corrected chi connectivity index (χ1v) is 6.43. The maximum absolute atomic E-state index is 13.5. The molecule has 0 saturated carbocycles. The molecule has 0 spiro atoms. The van der Waals surface area contributed by atoms with Crippen LogP contribution in [0.5, 0.6) is 0 Å². The van der Waals surface area contributed by atoms with E-state index in [1.165, 1.54) is 12.1 Å². The maximum atomic E-state index is 13.5. The summed E-state index contributed by atoms with van der Waals surface area (Å²) in [6.45, 7) is 3.67. The molecule has 0 aliphatic rings. The van der Waals surface area contributed by atoms with Crippen molar-refractivity contribution in [2.45, 2.75) is 26.3 Å². The lowest BCUT2D eigenvalue weighted by Gasteiger charge is -2.17. The summed E-state index contributed by atoms with van der Waals surface area (Å²) in [7, 11) is 0. The Morgan fingerprint density at radius 1 is 1.40 bits per heavy atom. The molecule has 110 valence electrons. The highest BCUT2D eigenvalue weighted by atomic mass is 35.5. The van der Waals surface area contributed by atoms with Crippen LogP contribution >= 0.6 is 11.6 Å². The van der Waals surface area contributed by atoms with E-state index in [1.54, 1.807) is 0 Å². The number of hydrogen-bond donors (Lipinski definition) is 3.